The van der Waals surface area contributed by atoms with Crippen molar-refractivity contribution in [3.63, 3.8) is 0 Å². The van der Waals surface area contributed by atoms with E-state index in [1.54, 1.807) is 0 Å². The van der Waals surface area contributed by atoms with Crippen LogP contribution in [0.3, 0.4) is 0 Å². The Balaban J connectivity index is 2.12. The largest absolute Gasteiger partial charge is 0.508 e. The third kappa shape index (κ3) is 3.63. The molecule has 0 aliphatic carbocycles. The van der Waals surface area contributed by atoms with E-state index in [1.165, 1.54) is 18.2 Å². The molecule has 0 spiro atoms. The monoisotopic (exact) mass is 275 g/mol. The van der Waals surface area contributed by atoms with E-state index >= 15 is 0 Å². The number of ether oxygens (including phenoxy) is 1. The first kappa shape index (κ1) is 14.2. The Labute approximate surface area is 118 Å². The number of nitrogens with one attached hydrogen (secondary N) is 1. The summed E-state index contributed by atoms with van der Waals surface area (Å²) >= 11 is 0. The Morgan fingerprint density at radius 3 is 2.70 bits per heavy atom. The van der Waals surface area contributed by atoms with Crippen LogP contribution in [-0.2, 0) is 6.54 Å². The molecule has 2 rings (SSSR count). The molecule has 106 valence electrons. The first-order valence-corrected chi connectivity index (χ1v) is 6.53. The summed E-state index contributed by atoms with van der Waals surface area (Å²) in [5.41, 5.74) is 1.31. The molecular formula is C16H18FNO2. The SMILES string of the molecule is CC(C)Oc1ccccc1NCc1cc(F)ccc1O. The highest BCUT2D eigenvalue weighted by atomic mass is 19.1. The lowest BCUT2D eigenvalue weighted by atomic mass is 10.2. The highest BCUT2D eigenvalue weighted by Gasteiger charge is 2.07. The number of halogens is 1. The normalized spacial score (nSPS) is 10.6. The Bertz CT molecular complexity index is 584. The van der Waals surface area contributed by atoms with Crippen molar-refractivity contribution in [2.24, 2.45) is 0 Å². The van der Waals surface area contributed by atoms with Gasteiger partial charge in [-0.15, -0.1) is 0 Å². The molecule has 0 radical (unpaired) electrons. The standard InChI is InChI=1S/C16H18FNO2/c1-11(2)20-16-6-4-3-5-14(16)18-10-12-9-13(17)7-8-15(12)19/h3-9,11,18-19H,10H2,1-2H3. The van der Waals surface area contributed by atoms with Gasteiger partial charge in [0.2, 0.25) is 0 Å². The van der Waals surface area contributed by atoms with E-state index < -0.39 is 0 Å². The Hall–Kier alpha value is -2.23. The minimum atomic E-state index is -0.369. The van der Waals surface area contributed by atoms with Gasteiger partial charge in [0.05, 0.1) is 11.8 Å². The average molecular weight is 275 g/mol. The van der Waals surface area contributed by atoms with Gasteiger partial charge in [0.25, 0.3) is 0 Å². The molecule has 0 saturated heterocycles. The van der Waals surface area contributed by atoms with Crippen LogP contribution in [0.15, 0.2) is 42.5 Å². The highest BCUT2D eigenvalue weighted by molar-refractivity contribution is 5.56. The molecule has 0 atom stereocenters. The summed E-state index contributed by atoms with van der Waals surface area (Å²) in [5, 5.41) is 12.8. The van der Waals surface area contributed by atoms with Crippen LogP contribution < -0.4 is 10.1 Å². The van der Waals surface area contributed by atoms with Crippen molar-refractivity contribution in [1.29, 1.82) is 0 Å². The number of hydrogen-bond acceptors (Lipinski definition) is 3. The molecule has 0 amide bonds. The van der Waals surface area contributed by atoms with Gasteiger partial charge in [-0.05, 0) is 44.2 Å². The zero-order valence-corrected chi connectivity index (χ0v) is 11.6. The molecule has 2 aromatic carbocycles. The first-order chi connectivity index (χ1) is 9.56. The van der Waals surface area contributed by atoms with Crippen LogP contribution in [0.2, 0.25) is 0 Å². The molecule has 0 aromatic heterocycles. The van der Waals surface area contributed by atoms with Crippen molar-refractivity contribution in [2.75, 3.05) is 5.32 Å². The molecule has 0 bridgehead atoms. The minimum absolute atomic E-state index is 0.0699. The summed E-state index contributed by atoms with van der Waals surface area (Å²) in [5.74, 6) is 0.436. The fourth-order valence-electron chi connectivity index (χ4n) is 1.86. The summed E-state index contributed by atoms with van der Waals surface area (Å²) in [4.78, 5) is 0. The van der Waals surface area contributed by atoms with Gasteiger partial charge >= 0.3 is 0 Å². The minimum Gasteiger partial charge on any atom is -0.508 e. The van der Waals surface area contributed by atoms with Crippen LogP contribution in [0.4, 0.5) is 10.1 Å². The van der Waals surface area contributed by atoms with Crippen LogP contribution in [-0.4, -0.2) is 11.2 Å². The quantitative estimate of drug-likeness (QED) is 0.868. The number of phenols is 1. The Morgan fingerprint density at radius 1 is 1.20 bits per heavy atom. The van der Waals surface area contributed by atoms with Gasteiger partial charge in [0.1, 0.15) is 17.3 Å². The van der Waals surface area contributed by atoms with E-state index in [-0.39, 0.29) is 17.7 Å². The van der Waals surface area contributed by atoms with E-state index in [0.29, 0.717) is 12.1 Å². The van der Waals surface area contributed by atoms with Crippen molar-refractivity contribution in [3.8, 4) is 11.5 Å². The molecule has 3 nitrogen and oxygen atoms in total. The lowest BCUT2D eigenvalue weighted by molar-refractivity contribution is 0.243. The van der Waals surface area contributed by atoms with Crippen LogP contribution >= 0.6 is 0 Å². The van der Waals surface area contributed by atoms with Crippen LogP contribution in [0.5, 0.6) is 11.5 Å². The molecule has 2 aromatic rings. The highest BCUT2D eigenvalue weighted by Crippen LogP contribution is 2.26. The van der Waals surface area contributed by atoms with Gasteiger partial charge in [0.15, 0.2) is 0 Å². The van der Waals surface area contributed by atoms with Gasteiger partial charge in [-0.25, -0.2) is 4.39 Å². The smallest absolute Gasteiger partial charge is 0.142 e. The number of benzene rings is 2. The van der Waals surface area contributed by atoms with Crippen molar-refractivity contribution in [2.45, 2.75) is 26.5 Å². The van der Waals surface area contributed by atoms with Gasteiger partial charge < -0.3 is 15.2 Å². The zero-order chi connectivity index (χ0) is 14.5. The predicted octanol–water partition coefficient (Wildman–Crippen LogP) is 3.93. The topological polar surface area (TPSA) is 41.5 Å². The Morgan fingerprint density at radius 2 is 1.95 bits per heavy atom. The summed E-state index contributed by atoms with van der Waals surface area (Å²) < 4.78 is 18.8. The summed E-state index contributed by atoms with van der Waals surface area (Å²) in [6, 6.07) is 11.4. The maximum Gasteiger partial charge on any atom is 0.142 e. The third-order valence-electron chi connectivity index (χ3n) is 2.76. The van der Waals surface area contributed by atoms with Gasteiger partial charge in [-0.2, -0.15) is 0 Å². The molecular weight excluding hydrogens is 257 g/mol. The zero-order valence-electron chi connectivity index (χ0n) is 11.6. The molecule has 0 unspecified atom stereocenters. The van der Waals surface area contributed by atoms with Crippen LogP contribution in [0.25, 0.3) is 0 Å². The maximum absolute atomic E-state index is 13.2. The van der Waals surface area contributed by atoms with Crippen molar-refractivity contribution < 1.29 is 14.2 Å². The fraction of sp³-hybridized carbons (Fsp3) is 0.250. The van der Waals surface area contributed by atoms with Crippen molar-refractivity contribution >= 4 is 5.69 Å². The number of anilines is 1. The predicted molar refractivity (Wildman–Crippen MR) is 77.6 cm³/mol. The number of phenolic OH excluding ortho intramolecular Hbond substituents is 1. The molecule has 4 heteroatoms. The van der Waals surface area contributed by atoms with E-state index in [2.05, 4.69) is 5.32 Å². The van der Waals surface area contributed by atoms with E-state index in [1.807, 2.05) is 38.1 Å². The molecule has 0 aliphatic heterocycles. The summed E-state index contributed by atoms with van der Waals surface area (Å²) in [7, 11) is 0. The summed E-state index contributed by atoms with van der Waals surface area (Å²) in [6.45, 7) is 4.23. The number of para-hydroxylation sites is 2. The second kappa shape index (κ2) is 6.28. The molecule has 0 heterocycles. The maximum atomic E-state index is 13.2. The number of rotatable bonds is 5. The first-order valence-electron chi connectivity index (χ1n) is 6.53. The van der Waals surface area contributed by atoms with E-state index in [9.17, 15) is 9.50 Å². The second-order valence-corrected chi connectivity index (χ2v) is 4.79. The van der Waals surface area contributed by atoms with Crippen LogP contribution in [0, 0.1) is 5.82 Å². The van der Waals surface area contributed by atoms with Gasteiger partial charge in [-0.3, -0.25) is 0 Å². The molecule has 0 fully saturated rings. The number of aromatic hydroxyl groups is 1. The van der Waals surface area contributed by atoms with Crippen LogP contribution in [0.1, 0.15) is 19.4 Å². The Kier molecular flexibility index (Phi) is 4.45. The average Bonchev–Trinajstić information content (AvgIpc) is 2.41. The van der Waals surface area contributed by atoms with Gasteiger partial charge in [0, 0.05) is 12.1 Å². The summed E-state index contributed by atoms with van der Waals surface area (Å²) in [6.07, 6.45) is 0.0699. The second-order valence-electron chi connectivity index (χ2n) is 4.79. The lowest BCUT2D eigenvalue weighted by Crippen LogP contribution is -2.08. The fourth-order valence-corrected chi connectivity index (χ4v) is 1.86. The lowest BCUT2D eigenvalue weighted by Gasteiger charge is -2.15. The van der Waals surface area contributed by atoms with Gasteiger partial charge in [-0.1, -0.05) is 12.1 Å². The molecule has 0 aliphatic rings. The van der Waals surface area contributed by atoms with E-state index in [0.717, 1.165) is 11.4 Å². The van der Waals surface area contributed by atoms with Crippen molar-refractivity contribution in [3.05, 3.63) is 53.8 Å². The van der Waals surface area contributed by atoms with E-state index in [4.69, 9.17) is 4.74 Å². The van der Waals surface area contributed by atoms with Crippen molar-refractivity contribution in [1.82, 2.24) is 0 Å². The third-order valence-corrected chi connectivity index (χ3v) is 2.76. The number of hydrogen-bond donors (Lipinski definition) is 2. The molecule has 0 saturated carbocycles. The molecule has 20 heavy (non-hydrogen) atoms. The molecule has 2 N–H and O–H groups in total.